The highest BCUT2D eigenvalue weighted by Crippen LogP contribution is 2.19. The number of piperidine rings is 1. The number of para-hydroxylation sites is 1. The molecule has 2 aromatic rings. The highest BCUT2D eigenvalue weighted by molar-refractivity contribution is 5.80. The van der Waals surface area contributed by atoms with Crippen LogP contribution < -0.4 is 15.5 Å². The largest absolute Gasteiger partial charge is 0.371 e. The summed E-state index contributed by atoms with van der Waals surface area (Å²) >= 11 is 0. The maximum Gasteiger partial charge on any atom is 0.222 e. The van der Waals surface area contributed by atoms with Crippen molar-refractivity contribution in [3.05, 3.63) is 65.7 Å². The molecule has 0 saturated carbocycles. The molecule has 0 aliphatic carbocycles. The summed E-state index contributed by atoms with van der Waals surface area (Å²) in [5.41, 5.74) is 3.69. The summed E-state index contributed by atoms with van der Waals surface area (Å²) in [5.74, 6) is 1.12. The number of likely N-dealkylation sites (tertiary alicyclic amines) is 1. The lowest BCUT2D eigenvalue weighted by atomic mass is 10.0. The molecule has 2 aromatic carbocycles. The number of hydrogen-bond acceptors (Lipinski definition) is 3. The number of benzene rings is 2. The maximum absolute atomic E-state index is 11.9. The number of anilines is 1. The molecule has 2 aliphatic heterocycles. The van der Waals surface area contributed by atoms with Crippen molar-refractivity contribution in [1.29, 1.82) is 0 Å². The van der Waals surface area contributed by atoms with Crippen LogP contribution in [0.4, 0.5) is 5.69 Å². The van der Waals surface area contributed by atoms with Gasteiger partial charge < -0.3 is 20.4 Å². The molecule has 6 nitrogen and oxygen atoms in total. The summed E-state index contributed by atoms with van der Waals surface area (Å²) in [7, 11) is 1.82. The van der Waals surface area contributed by atoms with E-state index in [2.05, 4.69) is 75.1 Å². The van der Waals surface area contributed by atoms with Gasteiger partial charge in [-0.3, -0.25) is 9.79 Å². The van der Waals surface area contributed by atoms with Crippen molar-refractivity contribution >= 4 is 17.6 Å². The molecule has 2 fully saturated rings. The zero-order valence-electron chi connectivity index (χ0n) is 18.4. The first-order valence-electron chi connectivity index (χ1n) is 11.3. The fourth-order valence-corrected chi connectivity index (χ4v) is 4.42. The zero-order chi connectivity index (χ0) is 21.5. The van der Waals surface area contributed by atoms with Crippen molar-refractivity contribution in [2.75, 3.05) is 31.6 Å². The molecule has 2 N–H and O–H groups in total. The van der Waals surface area contributed by atoms with Gasteiger partial charge in [0.2, 0.25) is 5.91 Å². The highest BCUT2D eigenvalue weighted by Gasteiger charge is 2.21. The molecule has 0 aromatic heterocycles. The molecule has 0 spiro atoms. The van der Waals surface area contributed by atoms with Gasteiger partial charge in [0.15, 0.2) is 5.96 Å². The van der Waals surface area contributed by atoms with Gasteiger partial charge in [-0.2, -0.15) is 0 Å². The maximum atomic E-state index is 11.9. The van der Waals surface area contributed by atoms with Gasteiger partial charge in [0, 0.05) is 57.9 Å². The van der Waals surface area contributed by atoms with Gasteiger partial charge in [-0.05, 0) is 42.5 Å². The third kappa shape index (κ3) is 5.78. The Balaban J connectivity index is 1.25. The first-order valence-corrected chi connectivity index (χ1v) is 11.3. The molecular weight excluding hydrogens is 386 g/mol. The van der Waals surface area contributed by atoms with Crippen LogP contribution in [0.5, 0.6) is 0 Å². The minimum absolute atomic E-state index is 0.270. The summed E-state index contributed by atoms with van der Waals surface area (Å²) in [6.07, 6.45) is 3.85. The molecule has 0 unspecified atom stereocenters. The summed E-state index contributed by atoms with van der Waals surface area (Å²) in [4.78, 5) is 20.7. The Labute approximate surface area is 185 Å². The van der Waals surface area contributed by atoms with Crippen molar-refractivity contribution in [3.63, 3.8) is 0 Å². The number of carbonyl (C=O) groups is 1. The average Bonchev–Trinajstić information content (AvgIpc) is 3.22. The van der Waals surface area contributed by atoms with E-state index in [4.69, 9.17) is 0 Å². The van der Waals surface area contributed by atoms with E-state index >= 15 is 0 Å². The number of rotatable bonds is 6. The molecule has 4 rings (SSSR count). The van der Waals surface area contributed by atoms with Crippen LogP contribution >= 0.6 is 0 Å². The lowest BCUT2D eigenvalue weighted by Gasteiger charge is -2.34. The average molecular weight is 420 g/mol. The summed E-state index contributed by atoms with van der Waals surface area (Å²) < 4.78 is 0. The van der Waals surface area contributed by atoms with E-state index in [1.165, 1.54) is 16.8 Å². The lowest BCUT2D eigenvalue weighted by molar-refractivity contribution is -0.128. The summed E-state index contributed by atoms with van der Waals surface area (Å²) in [5, 5.41) is 7.04. The van der Waals surface area contributed by atoms with E-state index in [0.29, 0.717) is 25.6 Å². The topological polar surface area (TPSA) is 60.0 Å². The second-order valence-electron chi connectivity index (χ2n) is 8.41. The predicted octanol–water partition coefficient (Wildman–Crippen LogP) is 3.14. The molecule has 2 saturated heterocycles. The molecule has 0 bridgehead atoms. The van der Waals surface area contributed by atoms with E-state index in [9.17, 15) is 4.79 Å². The number of nitrogens with one attached hydrogen (secondary N) is 2. The number of amides is 1. The second kappa shape index (κ2) is 10.3. The monoisotopic (exact) mass is 419 g/mol. The predicted molar refractivity (Wildman–Crippen MR) is 126 cm³/mol. The molecule has 164 valence electrons. The van der Waals surface area contributed by atoms with Gasteiger partial charge in [-0.1, -0.05) is 42.5 Å². The standard InChI is InChI=1S/C25H33N5O/c1-26-25(28-22-12-15-29(16-13-22)23-9-3-2-4-10-23)27-18-20-7-5-8-21(17-20)19-30-14-6-11-24(30)31/h2-5,7-10,17,22H,6,11-16,18-19H2,1H3,(H2,26,27,28). The Morgan fingerprint density at radius 1 is 1.03 bits per heavy atom. The number of guanidine groups is 1. The third-order valence-corrected chi connectivity index (χ3v) is 6.18. The first-order chi connectivity index (χ1) is 15.2. The van der Waals surface area contributed by atoms with E-state index in [1.807, 2.05) is 11.9 Å². The third-order valence-electron chi connectivity index (χ3n) is 6.18. The van der Waals surface area contributed by atoms with Crippen LogP contribution in [0.2, 0.25) is 0 Å². The van der Waals surface area contributed by atoms with Gasteiger partial charge in [0.1, 0.15) is 0 Å². The Morgan fingerprint density at radius 3 is 2.52 bits per heavy atom. The van der Waals surface area contributed by atoms with Crippen LogP contribution in [0.15, 0.2) is 59.6 Å². The number of hydrogen-bond donors (Lipinski definition) is 2. The Hall–Kier alpha value is -3.02. The van der Waals surface area contributed by atoms with Crippen LogP contribution in [0.1, 0.15) is 36.8 Å². The van der Waals surface area contributed by atoms with Crippen LogP contribution in [-0.4, -0.2) is 49.5 Å². The van der Waals surface area contributed by atoms with Gasteiger partial charge in [0.05, 0.1) is 0 Å². The lowest BCUT2D eigenvalue weighted by Crippen LogP contribution is -2.48. The Bertz CT molecular complexity index is 890. The van der Waals surface area contributed by atoms with Gasteiger partial charge >= 0.3 is 0 Å². The van der Waals surface area contributed by atoms with Crippen molar-refractivity contribution in [1.82, 2.24) is 15.5 Å². The molecule has 1 amide bonds. The fourth-order valence-electron chi connectivity index (χ4n) is 4.42. The number of aliphatic imine (C=N–C) groups is 1. The van der Waals surface area contributed by atoms with E-state index in [-0.39, 0.29) is 5.91 Å². The normalized spacial score (nSPS) is 17.8. The van der Waals surface area contributed by atoms with Crippen molar-refractivity contribution in [3.8, 4) is 0 Å². The van der Waals surface area contributed by atoms with Crippen molar-refractivity contribution < 1.29 is 4.79 Å². The Kier molecular flexibility index (Phi) is 7.07. The van der Waals surface area contributed by atoms with Gasteiger partial charge in [-0.15, -0.1) is 0 Å². The number of carbonyl (C=O) groups excluding carboxylic acids is 1. The van der Waals surface area contributed by atoms with Crippen LogP contribution in [0, 0.1) is 0 Å². The Morgan fingerprint density at radius 2 is 1.81 bits per heavy atom. The van der Waals surface area contributed by atoms with Gasteiger partial charge in [-0.25, -0.2) is 0 Å². The molecular formula is C25H33N5O. The fraction of sp³-hybridized carbons (Fsp3) is 0.440. The molecule has 2 aliphatic rings. The zero-order valence-corrected chi connectivity index (χ0v) is 18.4. The molecule has 0 atom stereocenters. The van der Waals surface area contributed by atoms with Gasteiger partial charge in [0.25, 0.3) is 0 Å². The van der Waals surface area contributed by atoms with Crippen molar-refractivity contribution in [2.45, 2.75) is 44.8 Å². The smallest absolute Gasteiger partial charge is 0.222 e. The quantitative estimate of drug-likeness (QED) is 0.558. The molecule has 0 radical (unpaired) electrons. The van der Waals surface area contributed by atoms with E-state index in [1.54, 1.807) is 0 Å². The minimum Gasteiger partial charge on any atom is -0.371 e. The molecule has 31 heavy (non-hydrogen) atoms. The second-order valence-corrected chi connectivity index (χ2v) is 8.41. The first kappa shape index (κ1) is 21.2. The summed E-state index contributed by atoms with van der Waals surface area (Å²) in [6, 6.07) is 19.5. The van der Waals surface area contributed by atoms with Crippen LogP contribution in [-0.2, 0) is 17.9 Å². The number of nitrogens with zero attached hydrogens (tertiary/aromatic N) is 3. The molecule has 6 heteroatoms. The molecule has 2 heterocycles. The highest BCUT2D eigenvalue weighted by atomic mass is 16.2. The van der Waals surface area contributed by atoms with E-state index in [0.717, 1.165) is 44.9 Å². The minimum atomic E-state index is 0.270. The summed E-state index contributed by atoms with van der Waals surface area (Å²) in [6.45, 7) is 4.40. The van der Waals surface area contributed by atoms with E-state index < -0.39 is 0 Å². The van der Waals surface area contributed by atoms with Crippen LogP contribution in [0.25, 0.3) is 0 Å². The van der Waals surface area contributed by atoms with Crippen LogP contribution in [0.3, 0.4) is 0 Å². The van der Waals surface area contributed by atoms with Crippen molar-refractivity contribution in [2.24, 2.45) is 4.99 Å². The SMILES string of the molecule is CN=C(NCc1cccc(CN2CCCC2=O)c1)NC1CCN(c2ccccc2)CC1.